The van der Waals surface area contributed by atoms with Gasteiger partial charge in [0, 0.05) is 25.8 Å². The Morgan fingerprint density at radius 3 is 2.43 bits per heavy atom. The highest BCUT2D eigenvalue weighted by atomic mass is 32.2. The molecule has 0 radical (unpaired) electrons. The van der Waals surface area contributed by atoms with Crippen LogP contribution in [0.15, 0.2) is 29.2 Å². The maximum absolute atomic E-state index is 12.1. The largest absolute Gasteiger partial charge is 0.381 e. The molecule has 2 N–H and O–H groups in total. The number of hydrogen-bond acceptors (Lipinski definition) is 4. The lowest BCUT2D eigenvalue weighted by Gasteiger charge is -2.12. The van der Waals surface area contributed by atoms with Gasteiger partial charge in [-0.3, -0.25) is 0 Å². The number of sulfonamides is 1. The summed E-state index contributed by atoms with van der Waals surface area (Å²) in [5.74, 6) is 0. The molecule has 120 valence electrons. The van der Waals surface area contributed by atoms with Gasteiger partial charge < -0.3 is 10.1 Å². The number of hydrogen-bond donors (Lipinski definition) is 2. The second-order valence-electron chi connectivity index (χ2n) is 4.94. The van der Waals surface area contributed by atoms with E-state index in [2.05, 4.69) is 10.0 Å². The van der Waals surface area contributed by atoms with Gasteiger partial charge >= 0.3 is 0 Å². The van der Waals surface area contributed by atoms with Crippen molar-refractivity contribution in [1.29, 1.82) is 0 Å². The Morgan fingerprint density at radius 1 is 1.19 bits per heavy atom. The molecule has 0 heterocycles. The van der Waals surface area contributed by atoms with E-state index in [9.17, 15) is 8.42 Å². The first kappa shape index (κ1) is 18.1. The molecule has 1 aromatic rings. The average Bonchev–Trinajstić information content (AvgIpc) is 2.50. The predicted octanol–water partition coefficient (Wildman–Crippen LogP) is 2.06. The minimum absolute atomic E-state index is 0.199. The van der Waals surface area contributed by atoms with Crippen LogP contribution in [0.3, 0.4) is 0 Å². The molecule has 1 aromatic carbocycles. The molecule has 5 nitrogen and oxygen atoms in total. The lowest BCUT2D eigenvalue weighted by Crippen LogP contribution is -2.25. The molecule has 0 saturated heterocycles. The van der Waals surface area contributed by atoms with Gasteiger partial charge in [-0.2, -0.15) is 0 Å². The summed E-state index contributed by atoms with van der Waals surface area (Å²) in [5.41, 5.74) is 1.06. The van der Waals surface area contributed by atoms with E-state index in [1.165, 1.54) is 0 Å². The fourth-order valence-electron chi connectivity index (χ4n) is 1.81. The van der Waals surface area contributed by atoms with E-state index in [1.54, 1.807) is 12.1 Å². The van der Waals surface area contributed by atoms with Crippen LogP contribution in [-0.4, -0.2) is 35.2 Å². The van der Waals surface area contributed by atoms with Gasteiger partial charge in [-0.1, -0.05) is 19.1 Å². The Bertz CT molecular complexity index is 500. The van der Waals surface area contributed by atoms with Crippen molar-refractivity contribution in [2.45, 2.75) is 37.6 Å². The standard InChI is InChI=1S/C15H26N2O3S/c1-4-11-20-12-5-10-17-21(18,19)15-8-6-14(7-9-15)13(2)16-3/h6-9,13,16-17H,4-5,10-12H2,1-3H3. The molecule has 0 aliphatic carbocycles. The highest BCUT2D eigenvalue weighted by Crippen LogP contribution is 2.15. The van der Waals surface area contributed by atoms with Gasteiger partial charge in [0.1, 0.15) is 0 Å². The van der Waals surface area contributed by atoms with E-state index >= 15 is 0 Å². The Hall–Kier alpha value is -0.950. The molecular formula is C15H26N2O3S. The molecule has 1 atom stereocenters. The third-order valence-corrected chi connectivity index (χ3v) is 4.71. The van der Waals surface area contributed by atoms with Crippen molar-refractivity contribution in [3.63, 3.8) is 0 Å². The smallest absolute Gasteiger partial charge is 0.240 e. The fourth-order valence-corrected chi connectivity index (χ4v) is 2.89. The minimum atomic E-state index is -3.43. The lowest BCUT2D eigenvalue weighted by atomic mass is 10.1. The molecule has 0 bridgehead atoms. The van der Waals surface area contributed by atoms with Crippen LogP contribution < -0.4 is 10.0 Å². The Balaban J connectivity index is 2.50. The zero-order valence-corrected chi connectivity index (χ0v) is 13.9. The third-order valence-electron chi connectivity index (χ3n) is 3.23. The van der Waals surface area contributed by atoms with Crippen LogP contribution in [0.5, 0.6) is 0 Å². The van der Waals surface area contributed by atoms with E-state index in [0.717, 1.165) is 18.6 Å². The topological polar surface area (TPSA) is 67.4 Å². The van der Waals surface area contributed by atoms with Crippen molar-refractivity contribution >= 4 is 10.0 Å². The van der Waals surface area contributed by atoms with Gasteiger partial charge in [0.2, 0.25) is 10.0 Å². The number of rotatable bonds is 10. The van der Waals surface area contributed by atoms with Gasteiger partial charge in [0.05, 0.1) is 4.90 Å². The first-order valence-electron chi connectivity index (χ1n) is 7.36. The minimum Gasteiger partial charge on any atom is -0.381 e. The van der Waals surface area contributed by atoms with Gasteiger partial charge in [0.25, 0.3) is 0 Å². The summed E-state index contributed by atoms with van der Waals surface area (Å²) in [6, 6.07) is 7.14. The summed E-state index contributed by atoms with van der Waals surface area (Å²) in [4.78, 5) is 0.295. The van der Waals surface area contributed by atoms with Crippen molar-refractivity contribution in [1.82, 2.24) is 10.0 Å². The highest BCUT2D eigenvalue weighted by Gasteiger charge is 2.13. The summed E-state index contributed by atoms with van der Waals surface area (Å²) in [6.45, 7) is 5.76. The highest BCUT2D eigenvalue weighted by molar-refractivity contribution is 7.89. The summed E-state index contributed by atoms with van der Waals surface area (Å²) >= 11 is 0. The molecule has 0 saturated carbocycles. The van der Waals surface area contributed by atoms with Crippen LogP contribution in [0.25, 0.3) is 0 Å². The molecule has 1 unspecified atom stereocenters. The van der Waals surface area contributed by atoms with Crippen molar-refractivity contribution in [3.05, 3.63) is 29.8 Å². The van der Waals surface area contributed by atoms with Crippen LogP contribution in [0.4, 0.5) is 0 Å². The first-order valence-corrected chi connectivity index (χ1v) is 8.84. The van der Waals surface area contributed by atoms with E-state index in [-0.39, 0.29) is 6.04 Å². The second-order valence-corrected chi connectivity index (χ2v) is 6.71. The van der Waals surface area contributed by atoms with Crippen LogP contribution in [0.2, 0.25) is 0 Å². The van der Waals surface area contributed by atoms with Gasteiger partial charge in [-0.15, -0.1) is 0 Å². The number of ether oxygens (including phenoxy) is 1. The molecule has 0 aliphatic rings. The molecule has 0 aliphatic heterocycles. The molecule has 6 heteroatoms. The molecule has 0 aromatic heterocycles. The first-order chi connectivity index (χ1) is 10.0. The number of nitrogens with one attached hydrogen (secondary N) is 2. The predicted molar refractivity (Wildman–Crippen MR) is 84.8 cm³/mol. The molecule has 0 spiro atoms. The Labute approximate surface area is 128 Å². The Morgan fingerprint density at radius 2 is 1.86 bits per heavy atom. The van der Waals surface area contributed by atoms with Crippen molar-refractivity contribution in [3.8, 4) is 0 Å². The van der Waals surface area contributed by atoms with E-state index in [1.807, 2.05) is 33.0 Å². The molecule has 0 amide bonds. The van der Waals surface area contributed by atoms with Gasteiger partial charge in [0.15, 0.2) is 0 Å². The Kier molecular flexibility index (Phi) is 7.88. The summed E-state index contributed by atoms with van der Waals surface area (Å²) < 4.78 is 32.1. The molecular weight excluding hydrogens is 288 g/mol. The summed E-state index contributed by atoms with van der Waals surface area (Å²) in [6.07, 6.45) is 1.65. The van der Waals surface area contributed by atoms with Crippen LogP contribution in [0.1, 0.15) is 38.3 Å². The average molecular weight is 314 g/mol. The van der Waals surface area contributed by atoms with Gasteiger partial charge in [-0.05, 0) is 44.5 Å². The number of benzene rings is 1. The molecule has 21 heavy (non-hydrogen) atoms. The third kappa shape index (κ3) is 6.13. The summed E-state index contributed by atoms with van der Waals surface area (Å²) in [5, 5.41) is 3.12. The maximum Gasteiger partial charge on any atom is 0.240 e. The van der Waals surface area contributed by atoms with Gasteiger partial charge in [-0.25, -0.2) is 13.1 Å². The second kappa shape index (κ2) is 9.15. The zero-order chi connectivity index (χ0) is 15.7. The van der Waals surface area contributed by atoms with Crippen LogP contribution in [0, 0.1) is 0 Å². The van der Waals surface area contributed by atoms with Crippen LogP contribution >= 0.6 is 0 Å². The maximum atomic E-state index is 12.1. The van der Waals surface area contributed by atoms with Crippen molar-refractivity contribution < 1.29 is 13.2 Å². The fraction of sp³-hybridized carbons (Fsp3) is 0.600. The van der Waals surface area contributed by atoms with E-state index in [4.69, 9.17) is 4.74 Å². The summed E-state index contributed by atoms with van der Waals surface area (Å²) in [7, 11) is -1.56. The molecule has 1 rings (SSSR count). The van der Waals surface area contributed by atoms with E-state index in [0.29, 0.717) is 24.5 Å². The SMILES string of the molecule is CCCOCCCNS(=O)(=O)c1ccc(C(C)NC)cc1. The van der Waals surface area contributed by atoms with E-state index < -0.39 is 10.0 Å². The van der Waals surface area contributed by atoms with Crippen molar-refractivity contribution in [2.75, 3.05) is 26.8 Å². The van der Waals surface area contributed by atoms with Crippen molar-refractivity contribution in [2.24, 2.45) is 0 Å². The normalized spacial score (nSPS) is 13.3. The quantitative estimate of drug-likeness (QED) is 0.649. The van der Waals surface area contributed by atoms with Crippen LogP contribution in [-0.2, 0) is 14.8 Å². The lowest BCUT2D eigenvalue weighted by molar-refractivity contribution is 0.133. The zero-order valence-electron chi connectivity index (χ0n) is 13.1. The molecule has 0 fully saturated rings. The monoisotopic (exact) mass is 314 g/mol.